The highest BCUT2D eigenvalue weighted by Gasteiger charge is 2.09. The van der Waals surface area contributed by atoms with Crippen molar-refractivity contribution in [1.29, 1.82) is 0 Å². The van der Waals surface area contributed by atoms with Crippen LogP contribution in [0.15, 0.2) is 24.7 Å². The molecule has 0 unspecified atom stereocenters. The fourth-order valence-electron chi connectivity index (χ4n) is 1.45. The lowest BCUT2D eigenvalue weighted by Gasteiger charge is -2.09. The maximum Gasteiger partial charge on any atom is 0.252 e. The molecule has 0 atom stereocenters. The van der Waals surface area contributed by atoms with E-state index in [9.17, 15) is 4.79 Å². The highest BCUT2D eigenvalue weighted by molar-refractivity contribution is 5.98. The molecule has 2 aromatic rings. The Labute approximate surface area is 103 Å². The predicted octanol–water partition coefficient (Wildman–Crippen LogP) is -0.534. The number of nitrogen functional groups attached to an aromatic ring is 1. The van der Waals surface area contributed by atoms with Gasteiger partial charge in [-0.2, -0.15) is 0 Å². The van der Waals surface area contributed by atoms with Crippen LogP contribution >= 0.6 is 0 Å². The van der Waals surface area contributed by atoms with Crippen molar-refractivity contribution in [2.24, 2.45) is 5.73 Å². The van der Waals surface area contributed by atoms with E-state index in [1.54, 1.807) is 17.1 Å². The molecule has 0 saturated heterocycles. The van der Waals surface area contributed by atoms with Crippen molar-refractivity contribution in [1.82, 2.24) is 20.0 Å². The van der Waals surface area contributed by atoms with Gasteiger partial charge in [0.05, 0.1) is 30.2 Å². The third-order valence-corrected chi connectivity index (χ3v) is 2.28. The van der Waals surface area contributed by atoms with Gasteiger partial charge < -0.3 is 16.8 Å². The summed E-state index contributed by atoms with van der Waals surface area (Å²) in [5, 5.41) is 10.5. The van der Waals surface area contributed by atoms with Gasteiger partial charge in [0.2, 0.25) is 0 Å². The van der Waals surface area contributed by atoms with Crippen LogP contribution in [0.4, 0.5) is 11.5 Å². The van der Waals surface area contributed by atoms with Crippen LogP contribution in [0.3, 0.4) is 0 Å². The van der Waals surface area contributed by atoms with Crippen LogP contribution < -0.4 is 16.8 Å². The van der Waals surface area contributed by atoms with E-state index in [1.165, 1.54) is 12.3 Å². The summed E-state index contributed by atoms with van der Waals surface area (Å²) in [5.41, 5.74) is 11.5. The molecule has 8 nitrogen and oxygen atoms in total. The topological polar surface area (TPSA) is 125 Å². The normalized spacial score (nSPS) is 10.2. The largest absolute Gasteiger partial charge is 0.397 e. The average Bonchev–Trinajstić information content (AvgIpc) is 2.84. The number of amides is 1. The Kier molecular flexibility index (Phi) is 3.37. The van der Waals surface area contributed by atoms with Crippen LogP contribution in [0.2, 0.25) is 0 Å². The molecule has 94 valence electrons. The maximum absolute atomic E-state index is 11.2. The van der Waals surface area contributed by atoms with Gasteiger partial charge in [0.1, 0.15) is 5.82 Å². The molecular formula is C10H13N7O. The quantitative estimate of drug-likeness (QED) is 0.652. The van der Waals surface area contributed by atoms with E-state index in [0.717, 1.165) is 0 Å². The van der Waals surface area contributed by atoms with Gasteiger partial charge in [0.15, 0.2) is 0 Å². The molecule has 5 N–H and O–H groups in total. The summed E-state index contributed by atoms with van der Waals surface area (Å²) in [6.07, 6.45) is 4.80. The summed E-state index contributed by atoms with van der Waals surface area (Å²) in [7, 11) is 0. The lowest BCUT2D eigenvalue weighted by molar-refractivity contribution is 0.100. The van der Waals surface area contributed by atoms with Crippen LogP contribution in [-0.2, 0) is 6.54 Å². The molecule has 2 heterocycles. The monoisotopic (exact) mass is 247 g/mol. The molecule has 2 aromatic heterocycles. The second-order valence-electron chi connectivity index (χ2n) is 3.62. The zero-order valence-electron chi connectivity index (χ0n) is 9.58. The Morgan fingerprint density at radius 2 is 2.33 bits per heavy atom. The van der Waals surface area contributed by atoms with Crippen molar-refractivity contribution in [2.45, 2.75) is 6.54 Å². The average molecular weight is 247 g/mol. The van der Waals surface area contributed by atoms with Crippen molar-refractivity contribution < 1.29 is 4.79 Å². The van der Waals surface area contributed by atoms with E-state index in [2.05, 4.69) is 20.6 Å². The molecule has 0 bridgehead atoms. The highest BCUT2D eigenvalue weighted by atomic mass is 16.1. The lowest BCUT2D eigenvalue weighted by Crippen LogP contribution is -2.18. The zero-order chi connectivity index (χ0) is 13.0. The van der Waals surface area contributed by atoms with E-state index >= 15 is 0 Å². The number of rotatable bonds is 5. The molecule has 18 heavy (non-hydrogen) atoms. The third-order valence-electron chi connectivity index (χ3n) is 2.28. The smallest absolute Gasteiger partial charge is 0.252 e. The molecule has 8 heteroatoms. The van der Waals surface area contributed by atoms with Crippen molar-refractivity contribution in [3.05, 3.63) is 30.2 Å². The number of anilines is 2. The summed E-state index contributed by atoms with van der Waals surface area (Å²) >= 11 is 0. The Morgan fingerprint density at radius 3 is 3.00 bits per heavy atom. The van der Waals surface area contributed by atoms with E-state index in [-0.39, 0.29) is 5.56 Å². The van der Waals surface area contributed by atoms with Gasteiger partial charge in [0, 0.05) is 12.7 Å². The fraction of sp³-hybridized carbons (Fsp3) is 0.200. The molecule has 0 fully saturated rings. The number of primary amides is 1. The molecule has 0 aliphatic heterocycles. The SMILES string of the molecule is NC(=O)c1cc(N)cnc1NCCn1ccnn1. The standard InChI is InChI=1S/C10H13N7O/c11-7-5-8(9(12)18)10(14-6-7)13-1-3-17-4-2-15-16-17/h2,4-6H,1,3,11H2,(H2,12,18)(H,13,14). The van der Waals surface area contributed by atoms with Gasteiger partial charge in [0.25, 0.3) is 5.91 Å². The predicted molar refractivity (Wildman–Crippen MR) is 65.7 cm³/mol. The van der Waals surface area contributed by atoms with Gasteiger partial charge in [-0.1, -0.05) is 5.21 Å². The number of hydrogen-bond acceptors (Lipinski definition) is 6. The molecule has 0 saturated carbocycles. The molecule has 0 radical (unpaired) electrons. The van der Waals surface area contributed by atoms with Crippen molar-refractivity contribution >= 4 is 17.4 Å². The Hall–Kier alpha value is -2.64. The molecule has 0 aliphatic rings. The van der Waals surface area contributed by atoms with Crippen LogP contribution in [0.25, 0.3) is 0 Å². The number of carbonyl (C=O) groups excluding carboxylic acids is 1. The zero-order valence-corrected chi connectivity index (χ0v) is 9.58. The van der Waals surface area contributed by atoms with Crippen molar-refractivity contribution in [3.8, 4) is 0 Å². The Bertz CT molecular complexity index is 537. The first-order valence-electron chi connectivity index (χ1n) is 5.30. The number of aromatic nitrogens is 4. The van der Waals surface area contributed by atoms with Crippen molar-refractivity contribution in [3.63, 3.8) is 0 Å². The summed E-state index contributed by atoms with van der Waals surface area (Å²) in [6, 6.07) is 1.49. The first-order valence-corrected chi connectivity index (χ1v) is 5.30. The van der Waals surface area contributed by atoms with Gasteiger partial charge >= 0.3 is 0 Å². The summed E-state index contributed by atoms with van der Waals surface area (Å²) in [5.74, 6) is -0.158. The van der Waals surface area contributed by atoms with Crippen molar-refractivity contribution in [2.75, 3.05) is 17.6 Å². The van der Waals surface area contributed by atoms with Crippen LogP contribution in [0, 0.1) is 0 Å². The second kappa shape index (κ2) is 5.13. The number of pyridine rings is 1. The van der Waals surface area contributed by atoms with Gasteiger partial charge in [-0.15, -0.1) is 5.10 Å². The number of nitrogens with zero attached hydrogens (tertiary/aromatic N) is 4. The lowest BCUT2D eigenvalue weighted by atomic mass is 10.2. The minimum atomic E-state index is -0.571. The first kappa shape index (κ1) is 11.8. The van der Waals surface area contributed by atoms with Gasteiger partial charge in [-0.25, -0.2) is 4.98 Å². The minimum absolute atomic E-state index is 0.272. The Morgan fingerprint density at radius 1 is 1.50 bits per heavy atom. The van der Waals surface area contributed by atoms with Gasteiger partial charge in [-0.05, 0) is 6.07 Å². The highest BCUT2D eigenvalue weighted by Crippen LogP contribution is 2.14. The van der Waals surface area contributed by atoms with Gasteiger partial charge in [-0.3, -0.25) is 9.48 Å². The first-order chi connectivity index (χ1) is 8.66. The molecule has 0 spiro atoms. The molecule has 2 rings (SSSR count). The number of nitrogens with two attached hydrogens (primary N) is 2. The summed E-state index contributed by atoms with van der Waals surface area (Å²) in [6.45, 7) is 1.14. The molecule has 0 aromatic carbocycles. The minimum Gasteiger partial charge on any atom is -0.397 e. The summed E-state index contributed by atoms with van der Waals surface area (Å²) in [4.78, 5) is 15.3. The maximum atomic E-state index is 11.2. The fourth-order valence-corrected chi connectivity index (χ4v) is 1.45. The number of hydrogen-bond donors (Lipinski definition) is 3. The van der Waals surface area contributed by atoms with Crippen LogP contribution in [-0.4, -0.2) is 32.4 Å². The number of nitrogens with one attached hydrogen (secondary N) is 1. The van der Waals surface area contributed by atoms with E-state index < -0.39 is 5.91 Å². The van der Waals surface area contributed by atoms with Crippen LogP contribution in [0.1, 0.15) is 10.4 Å². The Balaban J connectivity index is 2.02. The van der Waals surface area contributed by atoms with E-state index in [4.69, 9.17) is 11.5 Å². The van der Waals surface area contributed by atoms with Crippen LogP contribution in [0.5, 0.6) is 0 Å². The summed E-state index contributed by atoms with van der Waals surface area (Å²) < 4.78 is 1.66. The molecule has 0 aliphatic carbocycles. The second-order valence-corrected chi connectivity index (χ2v) is 3.62. The number of carbonyl (C=O) groups is 1. The molecule has 1 amide bonds. The molecular weight excluding hydrogens is 234 g/mol. The third kappa shape index (κ3) is 2.73. The van der Waals surface area contributed by atoms with E-state index in [0.29, 0.717) is 24.6 Å². The van der Waals surface area contributed by atoms with E-state index in [1.807, 2.05) is 0 Å².